The summed E-state index contributed by atoms with van der Waals surface area (Å²) in [6, 6.07) is 8.32. The number of para-hydroxylation sites is 1. The predicted octanol–water partition coefficient (Wildman–Crippen LogP) is -1.82. The maximum Gasteiger partial charge on any atom is 0.205 e. The van der Waals surface area contributed by atoms with Crippen molar-refractivity contribution in [2.24, 2.45) is 0 Å². The molecule has 0 spiro atoms. The van der Waals surface area contributed by atoms with Gasteiger partial charge in [0.15, 0.2) is 6.54 Å². The molecule has 1 N–H and O–H groups in total. The lowest BCUT2D eigenvalue weighted by molar-refractivity contribution is -0.481. The molecule has 1 heterocycles. The molecule has 0 atom stereocenters. The normalized spacial score (nSPS) is 13.8. The van der Waals surface area contributed by atoms with Crippen LogP contribution in [0.2, 0.25) is 0 Å². The minimum Gasteiger partial charge on any atom is -0.238 e. The van der Waals surface area contributed by atoms with Crippen LogP contribution in [0, 0.1) is 0 Å². The molecule has 1 aromatic rings. The van der Waals surface area contributed by atoms with Crippen LogP contribution in [0.25, 0.3) is 6.08 Å². The molecule has 0 bridgehead atoms. The van der Waals surface area contributed by atoms with Crippen LogP contribution in [-0.2, 0) is 0 Å². The molecule has 0 aromatic heterocycles. The van der Waals surface area contributed by atoms with Gasteiger partial charge in [0.1, 0.15) is 0 Å². The second-order valence-corrected chi connectivity index (χ2v) is 2.17. The zero-order valence-corrected chi connectivity index (χ0v) is 5.09. The van der Waals surface area contributed by atoms with Gasteiger partial charge in [0.05, 0.1) is 0 Å². The Morgan fingerprint density at radius 3 is 3.00 bits per heavy atom. The minimum atomic E-state index is 0.985. The van der Waals surface area contributed by atoms with Crippen molar-refractivity contribution in [2.45, 2.75) is 0 Å². The van der Waals surface area contributed by atoms with Crippen molar-refractivity contribution in [3.8, 4) is 0 Å². The Morgan fingerprint density at radius 1 is 1.22 bits per heavy atom. The van der Waals surface area contributed by atoms with Gasteiger partial charge in [-0.2, -0.15) is 0 Å². The number of rotatable bonds is 0. The maximum atomic E-state index is 3.24. The second-order valence-electron chi connectivity index (χ2n) is 2.17. The van der Waals surface area contributed by atoms with E-state index in [0.717, 1.165) is 6.54 Å². The van der Waals surface area contributed by atoms with Gasteiger partial charge in [0.25, 0.3) is 0 Å². The third-order valence-corrected chi connectivity index (χ3v) is 1.58. The average Bonchev–Trinajstić information content (AvgIpc) is 2.33. The fraction of sp³-hybridized carbons (Fsp3) is 0.125. The van der Waals surface area contributed by atoms with E-state index in [0.29, 0.717) is 0 Å². The van der Waals surface area contributed by atoms with Crippen LogP contribution in [0.3, 0.4) is 0 Å². The topological polar surface area (TPSA) is 14.0 Å². The van der Waals surface area contributed by atoms with Crippen molar-refractivity contribution in [1.29, 1.82) is 0 Å². The Kier molecular flexibility index (Phi) is 0.890. The van der Waals surface area contributed by atoms with Crippen LogP contribution in [0.1, 0.15) is 0 Å². The Hall–Kier alpha value is -1.11. The zero-order chi connectivity index (χ0) is 6.10. The molecule has 0 fully saturated rings. The third-order valence-electron chi connectivity index (χ3n) is 1.58. The largest absolute Gasteiger partial charge is 0.238 e. The van der Waals surface area contributed by atoms with Crippen LogP contribution in [0.4, 0.5) is 0 Å². The van der Waals surface area contributed by atoms with Crippen molar-refractivity contribution in [1.82, 2.24) is 0 Å². The van der Waals surface area contributed by atoms with Crippen molar-refractivity contribution in [2.75, 3.05) is 6.54 Å². The van der Waals surface area contributed by atoms with Crippen molar-refractivity contribution in [3.63, 3.8) is 0 Å². The summed E-state index contributed by atoms with van der Waals surface area (Å²) in [5, 5.41) is 2.59. The molecule has 0 radical (unpaired) electrons. The van der Waals surface area contributed by atoms with E-state index >= 15 is 0 Å². The van der Waals surface area contributed by atoms with E-state index in [9.17, 15) is 0 Å². The summed E-state index contributed by atoms with van der Waals surface area (Å²) in [4.78, 5) is 3.24. The molecule has 1 aliphatic heterocycles. The number of fused-ring (bicyclic) bond motifs is 1. The van der Waals surface area contributed by atoms with E-state index in [1.165, 1.54) is 10.6 Å². The first-order valence-corrected chi connectivity index (χ1v) is 3.13. The summed E-state index contributed by atoms with van der Waals surface area (Å²) in [7, 11) is 0. The van der Waals surface area contributed by atoms with E-state index in [1.54, 1.807) is 0 Å². The lowest BCUT2D eigenvalue weighted by Crippen LogP contribution is -2.75. The van der Waals surface area contributed by atoms with Gasteiger partial charge >= 0.3 is 0 Å². The van der Waals surface area contributed by atoms with E-state index in [4.69, 9.17) is 0 Å². The quantitative estimate of drug-likeness (QED) is 0.412. The van der Waals surface area contributed by atoms with Crippen molar-refractivity contribution >= 4 is 6.08 Å². The van der Waals surface area contributed by atoms with Gasteiger partial charge in [-0.25, -0.2) is 4.99 Å². The Bertz CT molecular complexity index is 292. The molecule has 44 valence electrons. The van der Waals surface area contributed by atoms with Gasteiger partial charge in [-0.1, -0.05) is 12.1 Å². The summed E-state index contributed by atoms with van der Waals surface area (Å²) in [5.41, 5.74) is 0. The van der Waals surface area contributed by atoms with Crippen LogP contribution in [0.5, 0.6) is 0 Å². The SMILES string of the molecule is C1=c2ccccc2=[NH+]C1. The van der Waals surface area contributed by atoms with Gasteiger partial charge in [-0.3, -0.25) is 0 Å². The second kappa shape index (κ2) is 1.69. The van der Waals surface area contributed by atoms with Crippen LogP contribution >= 0.6 is 0 Å². The van der Waals surface area contributed by atoms with Gasteiger partial charge < -0.3 is 0 Å². The monoisotopic (exact) mass is 118 g/mol. The first kappa shape index (κ1) is 4.74. The Balaban J connectivity index is 2.97. The molecule has 1 aromatic carbocycles. The highest BCUT2D eigenvalue weighted by Crippen LogP contribution is 1.69. The molecule has 0 saturated heterocycles. The van der Waals surface area contributed by atoms with Crippen LogP contribution in [-0.4, -0.2) is 6.54 Å². The van der Waals surface area contributed by atoms with Gasteiger partial charge in [0.2, 0.25) is 5.36 Å². The van der Waals surface area contributed by atoms with Crippen LogP contribution < -0.4 is 15.6 Å². The van der Waals surface area contributed by atoms with Gasteiger partial charge in [0, 0.05) is 11.3 Å². The molecule has 1 aliphatic rings. The molecule has 0 amide bonds. The van der Waals surface area contributed by atoms with E-state index in [2.05, 4.69) is 29.3 Å². The number of hydrogen-bond donors (Lipinski definition) is 1. The first-order valence-electron chi connectivity index (χ1n) is 3.13. The van der Waals surface area contributed by atoms with E-state index in [-0.39, 0.29) is 0 Å². The molecular formula is C8H8N+. The van der Waals surface area contributed by atoms with Crippen LogP contribution in [0.15, 0.2) is 24.3 Å². The minimum absolute atomic E-state index is 0.985. The van der Waals surface area contributed by atoms with E-state index in [1.807, 2.05) is 6.07 Å². The summed E-state index contributed by atoms with van der Waals surface area (Å²) in [5.74, 6) is 0. The van der Waals surface area contributed by atoms with Crippen molar-refractivity contribution in [3.05, 3.63) is 34.8 Å². The lowest BCUT2D eigenvalue weighted by Gasteiger charge is -1.73. The summed E-state index contributed by atoms with van der Waals surface area (Å²) >= 11 is 0. The summed E-state index contributed by atoms with van der Waals surface area (Å²) in [6.07, 6.45) is 2.19. The molecule has 0 saturated carbocycles. The van der Waals surface area contributed by atoms with Crippen molar-refractivity contribution < 1.29 is 4.99 Å². The average molecular weight is 118 g/mol. The molecule has 0 unspecified atom stereocenters. The molecule has 1 nitrogen and oxygen atoms in total. The highest BCUT2D eigenvalue weighted by atomic mass is 14.7. The lowest BCUT2D eigenvalue weighted by atomic mass is 10.3. The zero-order valence-electron chi connectivity index (χ0n) is 5.09. The third kappa shape index (κ3) is 0.653. The fourth-order valence-electron chi connectivity index (χ4n) is 1.11. The number of hydrogen-bond acceptors (Lipinski definition) is 0. The molecular weight excluding hydrogens is 110 g/mol. The van der Waals surface area contributed by atoms with Gasteiger partial charge in [-0.05, 0) is 12.1 Å². The Labute approximate surface area is 53.4 Å². The summed E-state index contributed by atoms with van der Waals surface area (Å²) < 4.78 is 0. The maximum absolute atomic E-state index is 3.24. The molecule has 2 rings (SSSR count). The van der Waals surface area contributed by atoms with Gasteiger partial charge in [-0.15, -0.1) is 0 Å². The fourth-order valence-corrected chi connectivity index (χ4v) is 1.11. The number of nitrogens with one attached hydrogen (secondary N) is 1. The highest BCUT2D eigenvalue weighted by Gasteiger charge is 1.95. The first-order chi connectivity index (χ1) is 4.47. The Morgan fingerprint density at radius 2 is 2.11 bits per heavy atom. The summed E-state index contributed by atoms with van der Waals surface area (Å²) in [6.45, 7) is 0.985. The highest BCUT2D eigenvalue weighted by molar-refractivity contribution is 5.24. The number of benzene rings is 1. The molecule has 9 heavy (non-hydrogen) atoms. The predicted molar refractivity (Wildman–Crippen MR) is 35.1 cm³/mol. The molecule has 1 heteroatoms. The molecule has 0 aliphatic carbocycles. The standard InChI is InChI=1S/C8H7N/c1-2-4-8-7(3-1)5-6-9-8/h1-5H,6H2/p+1. The smallest absolute Gasteiger partial charge is 0.205 e. The van der Waals surface area contributed by atoms with E-state index < -0.39 is 0 Å².